The van der Waals surface area contributed by atoms with E-state index in [-0.39, 0.29) is 5.88 Å². The van der Waals surface area contributed by atoms with Gasteiger partial charge >= 0.3 is 6.03 Å². The third-order valence-electron chi connectivity index (χ3n) is 3.75. The third-order valence-corrected chi connectivity index (χ3v) is 3.75. The molecule has 0 unspecified atom stereocenters. The molecule has 0 aliphatic carbocycles. The summed E-state index contributed by atoms with van der Waals surface area (Å²) >= 11 is 0. The smallest absolute Gasteiger partial charge is 0.326 e. The molecule has 6 nitrogen and oxygen atoms in total. The number of nitrogens with two attached hydrogens (primary N) is 1. The molecule has 0 radical (unpaired) electrons. The Kier molecular flexibility index (Phi) is 3.84. The van der Waals surface area contributed by atoms with Gasteiger partial charge < -0.3 is 15.6 Å². The van der Waals surface area contributed by atoms with Gasteiger partial charge in [0.05, 0.1) is 29.3 Å². The molecule has 3 rings (SSSR count). The minimum Gasteiger partial charge on any atom is -0.494 e. The van der Waals surface area contributed by atoms with E-state index in [4.69, 9.17) is 15.7 Å². The lowest BCUT2D eigenvalue weighted by molar-refractivity contribution is 0.248. The Labute approximate surface area is 138 Å². The van der Waals surface area contributed by atoms with E-state index in [9.17, 15) is 9.90 Å². The zero-order valence-electron chi connectivity index (χ0n) is 13.0. The average molecular weight is 321 g/mol. The minimum atomic E-state index is -0.803. The van der Waals surface area contributed by atoms with Gasteiger partial charge in [-0.25, -0.2) is 9.36 Å². The number of carbonyl (C=O) groups excluding carboxylic acids is 1. The standard InChI is InChI=1S/C18H15N3O3/c1-2-24-15-6-4-3-5-12(15)16-13-9-11(10-19)7-8-14(13)21(17(16)22)18(20)23/h3-9,22H,2H2,1H3,(H2,20,23). The summed E-state index contributed by atoms with van der Waals surface area (Å²) in [6.07, 6.45) is 0. The highest BCUT2D eigenvalue weighted by atomic mass is 16.5. The van der Waals surface area contributed by atoms with Crippen LogP contribution in [0, 0.1) is 11.3 Å². The lowest BCUT2D eigenvalue weighted by Crippen LogP contribution is -2.18. The van der Waals surface area contributed by atoms with E-state index < -0.39 is 6.03 Å². The molecule has 3 aromatic rings. The second kappa shape index (κ2) is 5.97. The Morgan fingerprint density at radius 2 is 2.08 bits per heavy atom. The van der Waals surface area contributed by atoms with E-state index in [1.807, 2.05) is 13.0 Å². The lowest BCUT2D eigenvalue weighted by Gasteiger charge is -2.10. The summed E-state index contributed by atoms with van der Waals surface area (Å²) in [6, 6.07) is 13.2. The number of nitrogens with zero attached hydrogens (tertiary/aromatic N) is 2. The first kappa shape index (κ1) is 15.4. The quantitative estimate of drug-likeness (QED) is 0.773. The number of primary amides is 1. The molecule has 1 heterocycles. The van der Waals surface area contributed by atoms with E-state index in [1.165, 1.54) is 0 Å². The van der Waals surface area contributed by atoms with Crippen molar-refractivity contribution < 1.29 is 14.6 Å². The summed E-state index contributed by atoms with van der Waals surface area (Å²) in [5.74, 6) is 0.293. The maximum atomic E-state index is 11.8. The Bertz CT molecular complexity index is 983. The van der Waals surface area contributed by atoms with E-state index in [1.54, 1.807) is 36.4 Å². The fraction of sp³-hybridized carbons (Fsp3) is 0.111. The molecule has 24 heavy (non-hydrogen) atoms. The number of para-hydroxylation sites is 1. The highest BCUT2D eigenvalue weighted by Gasteiger charge is 2.23. The Morgan fingerprint density at radius 3 is 2.75 bits per heavy atom. The predicted octanol–water partition coefficient (Wildman–Crippen LogP) is 3.21. The molecule has 2 aromatic carbocycles. The van der Waals surface area contributed by atoms with Crippen molar-refractivity contribution in [1.29, 1.82) is 5.26 Å². The molecule has 0 fully saturated rings. The maximum Gasteiger partial charge on any atom is 0.326 e. The van der Waals surface area contributed by atoms with Crippen molar-refractivity contribution in [3.8, 4) is 28.8 Å². The summed E-state index contributed by atoms with van der Waals surface area (Å²) in [5, 5.41) is 20.3. The van der Waals surface area contributed by atoms with Crippen LogP contribution in [0.25, 0.3) is 22.0 Å². The number of fused-ring (bicyclic) bond motifs is 1. The number of hydrogen-bond acceptors (Lipinski definition) is 4. The Morgan fingerprint density at radius 1 is 1.33 bits per heavy atom. The normalized spacial score (nSPS) is 10.5. The van der Waals surface area contributed by atoms with Crippen LogP contribution in [0.2, 0.25) is 0 Å². The number of rotatable bonds is 3. The molecule has 1 amide bonds. The van der Waals surface area contributed by atoms with Crippen LogP contribution in [0.5, 0.6) is 11.6 Å². The molecular formula is C18H15N3O3. The van der Waals surface area contributed by atoms with Crippen molar-refractivity contribution in [2.24, 2.45) is 5.73 Å². The van der Waals surface area contributed by atoms with Gasteiger partial charge in [0.15, 0.2) is 0 Å². The number of benzene rings is 2. The molecule has 0 spiro atoms. The Hall–Kier alpha value is -3.46. The van der Waals surface area contributed by atoms with Crippen molar-refractivity contribution in [3.63, 3.8) is 0 Å². The van der Waals surface area contributed by atoms with E-state index in [0.29, 0.717) is 39.9 Å². The van der Waals surface area contributed by atoms with Gasteiger partial charge in [-0.15, -0.1) is 0 Å². The Balaban J connectivity index is 2.42. The topological polar surface area (TPSA) is 101 Å². The third kappa shape index (κ3) is 2.32. The number of hydrogen-bond donors (Lipinski definition) is 2. The largest absolute Gasteiger partial charge is 0.494 e. The van der Waals surface area contributed by atoms with Gasteiger partial charge in [0, 0.05) is 10.9 Å². The van der Waals surface area contributed by atoms with Crippen LogP contribution in [0.15, 0.2) is 42.5 Å². The van der Waals surface area contributed by atoms with Gasteiger partial charge in [-0.05, 0) is 31.2 Å². The predicted molar refractivity (Wildman–Crippen MR) is 89.9 cm³/mol. The van der Waals surface area contributed by atoms with Crippen molar-refractivity contribution >= 4 is 16.9 Å². The summed E-state index contributed by atoms with van der Waals surface area (Å²) in [6.45, 7) is 2.31. The zero-order chi connectivity index (χ0) is 17.3. The highest BCUT2D eigenvalue weighted by molar-refractivity contribution is 6.06. The fourth-order valence-corrected chi connectivity index (χ4v) is 2.79. The maximum absolute atomic E-state index is 11.8. The molecule has 120 valence electrons. The van der Waals surface area contributed by atoms with Crippen molar-refractivity contribution in [1.82, 2.24) is 4.57 Å². The van der Waals surface area contributed by atoms with Crippen molar-refractivity contribution in [3.05, 3.63) is 48.0 Å². The molecule has 0 atom stereocenters. The van der Waals surface area contributed by atoms with Gasteiger partial charge in [-0.2, -0.15) is 5.26 Å². The van der Waals surface area contributed by atoms with Crippen molar-refractivity contribution in [2.75, 3.05) is 6.61 Å². The fourth-order valence-electron chi connectivity index (χ4n) is 2.79. The lowest BCUT2D eigenvalue weighted by atomic mass is 10.0. The van der Waals surface area contributed by atoms with E-state index >= 15 is 0 Å². The molecule has 3 N–H and O–H groups in total. The van der Waals surface area contributed by atoms with Crippen LogP contribution in [-0.4, -0.2) is 22.3 Å². The van der Waals surface area contributed by atoms with Crippen molar-refractivity contribution in [2.45, 2.75) is 6.92 Å². The number of aromatic hydroxyl groups is 1. The summed E-state index contributed by atoms with van der Waals surface area (Å²) < 4.78 is 6.64. The molecule has 0 bridgehead atoms. The van der Waals surface area contributed by atoms with Crippen LogP contribution in [0.1, 0.15) is 12.5 Å². The zero-order valence-corrected chi connectivity index (χ0v) is 13.0. The molecular weight excluding hydrogens is 306 g/mol. The first-order valence-electron chi connectivity index (χ1n) is 7.38. The summed E-state index contributed by atoms with van der Waals surface area (Å²) in [4.78, 5) is 11.8. The van der Waals surface area contributed by atoms with E-state index in [2.05, 4.69) is 6.07 Å². The number of aromatic nitrogens is 1. The van der Waals surface area contributed by atoms with Crippen LogP contribution in [0.3, 0.4) is 0 Å². The number of amides is 1. The van der Waals surface area contributed by atoms with Crippen LogP contribution in [-0.2, 0) is 0 Å². The molecule has 0 saturated carbocycles. The number of carbonyl (C=O) groups is 1. The van der Waals surface area contributed by atoms with Gasteiger partial charge in [0.1, 0.15) is 5.75 Å². The molecule has 1 aromatic heterocycles. The number of nitriles is 1. The van der Waals surface area contributed by atoms with Crippen LogP contribution < -0.4 is 10.5 Å². The second-order valence-corrected chi connectivity index (χ2v) is 5.15. The monoisotopic (exact) mass is 321 g/mol. The van der Waals surface area contributed by atoms with Gasteiger partial charge in [-0.3, -0.25) is 0 Å². The molecule has 6 heteroatoms. The van der Waals surface area contributed by atoms with Gasteiger partial charge in [0.25, 0.3) is 0 Å². The summed E-state index contributed by atoms with van der Waals surface area (Å²) in [7, 11) is 0. The first-order chi connectivity index (χ1) is 11.6. The van der Waals surface area contributed by atoms with E-state index in [0.717, 1.165) is 4.57 Å². The highest BCUT2D eigenvalue weighted by Crippen LogP contribution is 2.43. The minimum absolute atomic E-state index is 0.278. The molecule has 0 aliphatic heterocycles. The second-order valence-electron chi connectivity index (χ2n) is 5.15. The average Bonchev–Trinajstić information content (AvgIpc) is 2.86. The first-order valence-corrected chi connectivity index (χ1v) is 7.38. The molecule has 0 aliphatic rings. The summed E-state index contributed by atoms with van der Waals surface area (Å²) in [5.41, 5.74) is 7.28. The van der Waals surface area contributed by atoms with Gasteiger partial charge in [0.2, 0.25) is 5.88 Å². The number of ether oxygens (including phenoxy) is 1. The van der Waals surface area contributed by atoms with Crippen LogP contribution >= 0.6 is 0 Å². The van der Waals surface area contributed by atoms with Crippen LogP contribution in [0.4, 0.5) is 4.79 Å². The van der Waals surface area contributed by atoms with Gasteiger partial charge in [-0.1, -0.05) is 18.2 Å². The SMILES string of the molecule is CCOc1ccccc1-c1c(O)n(C(N)=O)c2ccc(C#N)cc12. The molecule has 0 saturated heterocycles.